The Morgan fingerprint density at radius 2 is 2.30 bits per heavy atom. The Labute approximate surface area is 120 Å². The number of methoxy groups -OCH3 is 1. The van der Waals surface area contributed by atoms with E-state index >= 15 is 0 Å². The Bertz CT molecular complexity index is 625. The summed E-state index contributed by atoms with van der Waals surface area (Å²) in [5.41, 5.74) is 6.54. The van der Waals surface area contributed by atoms with Gasteiger partial charge in [0.1, 0.15) is 0 Å². The normalized spacial score (nSPS) is 11.9. The van der Waals surface area contributed by atoms with Crippen molar-refractivity contribution >= 4 is 22.4 Å². The lowest BCUT2D eigenvalue weighted by Crippen LogP contribution is -2.13. The number of amides is 1. The molecule has 1 amide bonds. The minimum atomic E-state index is -0.452. The van der Waals surface area contributed by atoms with Gasteiger partial charge in [-0.05, 0) is 19.1 Å². The number of para-hydroxylation sites is 1. The fraction of sp³-hybridized carbons (Fsp3) is 0.231. The van der Waals surface area contributed by atoms with Crippen molar-refractivity contribution in [2.24, 2.45) is 5.73 Å². The Hall–Kier alpha value is -2.12. The predicted octanol–water partition coefficient (Wildman–Crippen LogP) is 2.13. The van der Waals surface area contributed by atoms with Gasteiger partial charge in [-0.3, -0.25) is 10.1 Å². The van der Waals surface area contributed by atoms with E-state index in [9.17, 15) is 9.90 Å². The highest BCUT2D eigenvalue weighted by Gasteiger charge is 2.16. The van der Waals surface area contributed by atoms with Crippen LogP contribution in [0.2, 0.25) is 0 Å². The third-order valence-electron chi connectivity index (χ3n) is 2.67. The zero-order valence-electron chi connectivity index (χ0n) is 11.1. The molecule has 0 saturated carbocycles. The number of hydrogen-bond acceptors (Lipinski definition) is 6. The van der Waals surface area contributed by atoms with Crippen LogP contribution in [-0.2, 0) is 0 Å². The largest absolute Gasteiger partial charge is 0.504 e. The summed E-state index contributed by atoms with van der Waals surface area (Å²) in [6.07, 6.45) is 0. The Morgan fingerprint density at radius 3 is 2.90 bits per heavy atom. The van der Waals surface area contributed by atoms with Gasteiger partial charge in [-0.15, -0.1) is 11.3 Å². The molecular weight excluding hydrogens is 278 g/mol. The maximum Gasteiger partial charge on any atom is 0.261 e. The van der Waals surface area contributed by atoms with Crippen molar-refractivity contribution in [2.75, 3.05) is 12.4 Å². The molecule has 0 aliphatic carbocycles. The van der Waals surface area contributed by atoms with Crippen LogP contribution in [0.1, 0.15) is 29.0 Å². The highest BCUT2D eigenvalue weighted by molar-refractivity contribution is 7.14. The van der Waals surface area contributed by atoms with E-state index in [-0.39, 0.29) is 23.1 Å². The van der Waals surface area contributed by atoms with Gasteiger partial charge >= 0.3 is 0 Å². The van der Waals surface area contributed by atoms with Crippen molar-refractivity contribution in [1.29, 1.82) is 0 Å². The van der Waals surface area contributed by atoms with Crippen LogP contribution in [0.3, 0.4) is 0 Å². The van der Waals surface area contributed by atoms with Crippen molar-refractivity contribution < 1.29 is 14.6 Å². The third-order valence-corrected chi connectivity index (χ3v) is 3.45. The average Bonchev–Trinajstić information content (AvgIpc) is 2.87. The van der Waals surface area contributed by atoms with Gasteiger partial charge in [-0.25, -0.2) is 4.98 Å². The average molecular weight is 293 g/mol. The highest BCUT2D eigenvalue weighted by Crippen LogP contribution is 2.30. The van der Waals surface area contributed by atoms with Crippen molar-refractivity contribution in [3.05, 3.63) is 34.8 Å². The summed E-state index contributed by atoms with van der Waals surface area (Å²) < 4.78 is 4.96. The lowest BCUT2D eigenvalue weighted by atomic mass is 10.2. The zero-order valence-corrected chi connectivity index (χ0v) is 11.9. The maximum atomic E-state index is 12.1. The number of nitrogens with two attached hydrogens (primary N) is 1. The lowest BCUT2D eigenvalue weighted by molar-refractivity contribution is 0.102. The molecule has 4 N–H and O–H groups in total. The molecule has 0 aliphatic rings. The van der Waals surface area contributed by atoms with Crippen LogP contribution in [-0.4, -0.2) is 23.1 Å². The molecule has 7 heteroatoms. The SMILES string of the molecule is COc1cccc(C(=O)Nc2nc(C(C)N)cs2)c1O. The molecule has 106 valence electrons. The van der Waals surface area contributed by atoms with Gasteiger partial charge in [0.15, 0.2) is 16.6 Å². The summed E-state index contributed by atoms with van der Waals surface area (Å²) in [4.78, 5) is 16.3. The van der Waals surface area contributed by atoms with E-state index in [2.05, 4.69) is 10.3 Å². The van der Waals surface area contributed by atoms with Crippen molar-refractivity contribution in [3.8, 4) is 11.5 Å². The molecule has 1 aromatic heterocycles. The summed E-state index contributed by atoms with van der Waals surface area (Å²) in [5.74, 6) is -0.406. The summed E-state index contributed by atoms with van der Waals surface area (Å²) in [5, 5.41) is 14.7. The Morgan fingerprint density at radius 1 is 1.55 bits per heavy atom. The smallest absolute Gasteiger partial charge is 0.261 e. The molecule has 0 fully saturated rings. The highest BCUT2D eigenvalue weighted by atomic mass is 32.1. The molecule has 0 spiro atoms. The van der Waals surface area contributed by atoms with Gasteiger partial charge in [0, 0.05) is 11.4 Å². The second-order valence-electron chi connectivity index (χ2n) is 4.18. The first-order valence-electron chi connectivity index (χ1n) is 5.91. The predicted molar refractivity (Wildman–Crippen MR) is 77.3 cm³/mol. The van der Waals surface area contributed by atoms with E-state index in [1.54, 1.807) is 17.5 Å². The summed E-state index contributed by atoms with van der Waals surface area (Å²) >= 11 is 1.28. The molecule has 0 radical (unpaired) electrons. The molecule has 20 heavy (non-hydrogen) atoms. The minimum absolute atomic E-state index is 0.127. The Balaban J connectivity index is 2.19. The van der Waals surface area contributed by atoms with E-state index in [4.69, 9.17) is 10.5 Å². The molecule has 2 rings (SSSR count). The molecule has 1 atom stereocenters. The number of thiazole rings is 1. The molecule has 2 aromatic rings. The molecule has 1 aromatic carbocycles. The number of nitrogens with zero attached hydrogens (tertiary/aromatic N) is 1. The Kier molecular flexibility index (Phi) is 4.21. The van der Waals surface area contributed by atoms with E-state index in [0.717, 1.165) is 0 Å². The molecule has 1 unspecified atom stereocenters. The number of phenolic OH excluding ortho intramolecular Hbond substituents is 1. The monoisotopic (exact) mass is 293 g/mol. The lowest BCUT2D eigenvalue weighted by Gasteiger charge is -2.08. The van der Waals surface area contributed by atoms with Crippen molar-refractivity contribution in [2.45, 2.75) is 13.0 Å². The van der Waals surface area contributed by atoms with Crippen LogP contribution in [0.25, 0.3) is 0 Å². The number of carbonyl (C=O) groups excluding carboxylic acids is 1. The minimum Gasteiger partial charge on any atom is -0.504 e. The van der Waals surface area contributed by atoms with Gasteiger partial charge in [-0.2, -0.15) is 0 Å². The summed E-state index contributed by atoms with van der Waals surface area (Å²) in [6, 6.07) is 4.52. The van der Waals surface area contributed by atoms with Crippen LogP contribution in [0, 0.1) is 0 Å². The first kappa shape index (κ1) is 14.3. The van der Waals surface area contributed by atoms with Crippen LogP contribution in [0.5, 0.6) is 11.5 Å². The molecule has 0 bridgehead atoms. The standard InChI is InChI=1S/C13H15N3O3S/c1-7(14)9-6-20-13(15-9)16-12(18)8-4-3-5-10(19-2)11(8)17/h3-7,17H,14H2,1-2H3,(H,15,16,18). The summed E-state index contributed by atoms with van der Waals surface area (Å²) in [7, 11) is 1.42. The fourth-order valence-electron chi connectivity index (χ4n) is 1.59. The molecular formula is C13H15N3O3S. The number of rotatable bonds is 4. The van der Waals surface area contributed by atoms with Gasteiger partial charge in [0.25, 0.3) is 5.91 Å². The number of hydrogen-bond donors (Lipinski definition) is 3. The van der Waals surface area contributed by atoms with Crippen molar-refractivity contribution in [3.63, 3.8) is 0 Å². The van der Waals surface area contributed by atoms with Gasteiger partial charge in [0.2, 0.25) is 0 Å². The molecule has 1 heterocycles. The first-order valence-corrected chi connectivity index (χ1v) is 6.79. The third kappa shape index (κ3) is 2.89. The van der Waals surface area contributed by atoms with Gasteiger partial charge in [-0.1, -0.05) is 6.07 Å². The number of carbonyl (C=O) groups is 1. The number of ether oxygens (including phenoxy) is 1. The maximum absolute atomic E-state index is 12.1. The number of benzene rings is 1. The van der Waals surface area contributed by atoms with Gasteiger partial charge in [0.05, 0.1) is 18.4 Å². The van der Waals surface area contributed by atoms with Crippen LogP contribution in [0.4, 0.5) is 5.13 Å². The second kappa shape index (κ2) is 5.89. The molecule has 6 nitrogen and oxygen atoms in total. The molecule has 0 saturated heterocycles. The quantitative estimate of drug-likeness (QED) is 0.802. The topological polar surface area (TPSA) is 97.5 Å². The second-order valence-corrected chi connectivity index (χ2v) is 5.03. The number of phenols is 1. The van der Waals surface area contributed by atoms with E-state index in [1.807, 2.05) is 6.92 Å². The van der Waals surface area contributed by atoms with Crippen LogP contribution >= 0.6 is 11.3 Å². The van der Waals surface area contributed by atoms with E-state index in [0.29, 0.717) is 10.8 Å². The van der Waals surface area contributed by atoms with E-state index < -0.39 is 5.91 Å². The van der Waals surface area contributed by atoms with Gasteiger partial charge < -0.3 is 15.6 Å². The van der Waals surface area contributed by atoms with Crippen LogP contribution in [0.15, 0.2) is 23.6 Å². The number of nitrogens with one attached hydrogen (secondary N) is 1. The first-order chi connectivity index (χ1) is 9.52. The van der Waals surface area contributed by atoms with Crippen LogP contribution < -0.4 is 15.8 Å². The number of anilines is 1. The fourth-order valence-corrected chi connectivity index (χ4v) is 2.40. The summed E-state index contributed by atoms with van der Waals surface area (Å²) in [6.45, 7) is 1.81. The van der Waals surface area contributed by atoms with Crippen molar-refractivity contribution in [1.82, 2.24) is 4.98 Å². The number of aromatic hydroxyl groups is 1. The number of aromatic nitrogens is 1. The zero-order chi connectivity index (χ0) is 14.7. The van der Waals surface area contributed by atoms with E-state index in [1.165, 1.54) is 24.5 Å². The molecule has 0 aliphatic heterocycles.